The summed E-state index contributed by atoms with van der Waals surface area (Å²) >= 11 is 1.50. The zero-order valence-corrected chi connectivity index (χ0v) is 8.88. The number of thioether (sulfide) groups is 1. The number of rotatable bonds is 2. The first-order valence-electron chi connectivity index (χ1n) is 4.65. The SMILES string of the molecule is NCC(O)c1ccc2c(c1)NC(=O)CS2. The highest BCUT2D eigenvalue weighted by molar-refractivity contribution is 8.00. The van der Waals surface area contributed by atoms with Gasteiger partial charge in [0.15, 0.2) is 0 Å². The summed E-state index contributed by atoms with van der Waals surface area (Å²) in [5, 5.41) is 12.3. The van der Waals surface area contributed by atoms with Gasteiger partial charge in [-0.25, -0.2) is 0 Å². The van der Waals surface area contributed by atoms with E-state index < -0.39 is 6.10 Å². The van der Waals surface area contributed by atoms with Crippen LogP contribution in [0.2, 0.25) is 0 Å². The van der Waals surface area contributed by atoms with Crippen molar-refractivity contribution in [2.75, 3.05) is 17.6 Å². The predicted molar refractivity (Wildman–Crippen MR) is 59.8 cm³/mol. The van der Waals surface area contributed by atoms with Gasteiger partial charge in [0.2, 0.25) is 5.91 Å². The zero-order chi connectivity index (χ0) is 10.8. The number of hydrogen-bond donors (Lipinski definition) is 3. The van der Waals surface area contributed by atoms with Gasteiger partial charge in [-0.3, -0.25) is 4.79 Å². The Kier molecular flexibility index (Phi) is 2.95. The highest BCUT2D eigenvalue weighted by Gasteiger charge is 2.16. The van der Waals surface area contributed by atoms with Gasteiger partial charge in [0.1, 0.15) is 0 Å². The summed E-state index contributed by atoms with van der Waals surface area (Å²) < 4.78 is 0. The molecule has 80 valence electrons. The maximum absolute atomic E-state index is 11.2. The number of aliphatic hydroxyl groups excluding tert-OH is 1. The molecule has 1 unspecified atom stereocenters. The molecule has 0 saturated heterocycles. The number of anilines is 1. The highest BCUT2D eigenvalue weighted by atomic mass is 32.2. The summed E-state index contributed by atoms with van der Waals surface area (Å²) in [7, 11) is 0. The average Bonchev–Trinajstić information content (AvgIpc) is 2.27. The van der Waals surface area contributed by atoms with Gasteiger partial charge in [-0.15, -0.1) is 11.8 Å². The average molecular weight is 224 g/mol. The molecule has 1 heterocycles. The molecule has 0 aromatic heterocycles. The first-order chi connectivity index (χ1) is 7.20. The van der Waals surface area contributed by atoms with Crippen molar-refractivity contribution in [3.63, 3.8) is 0 Å². The van der Waals surface area contributed by atoms with Crippen LogP contribution in [0.25, 0.3) is 0 Å². The van der Waals surface area contributed by atoms with E-state index >= 15 is 0 Å². The van der Waals surface area contributed by atoms with Crippen molar-refractivity contribution in [1.29, 1.82) is 0 Å². The summed E-state index contributed by atoms with van der Waals surface area (Å²) in [5.41, 5.74) is 6.87. The lowest BCUT2D eigenvalue weighted by Crippen LogP contribution is -2.19. The molecular formula is C10H12N2O2S. The van der Waals surface area contributed by atoms with Gasteiger partial charge >= 0.3 is 0 Å². The third-order valence-corrected chi connectivity index (χ3v) is 3.32. The van der Waals surface area contributed by atoms with Gasteiger partial charge in [-0.1, -0.05) is 6.07 Å². The third-order valence-electron chi connectivity index (χ3n) is 2.24. The van der Waals surface area contributed by atoms with Crippen LogP contribution in [-0.2, 0) is 4.79 Å². The van der Waals surface area contributed by atoms with Crippen LogP contribution in [-0.4, -0.2) is 23.3 Å². The molecule has 0 radical (unpaired) electrons. The van der Waals surface area contributed by atoms with Gasteiger partial charge in [0.05, 0.1) is 17.5 Å². The van der Waals surface area contributed by atoms with Crippen LogP contribution in [0, 0.1) is 0 Å². The minimum atomic E-state index is -0.667. The minimum Gasteiger partial charge on any atom is -0.387 e. The number of carbonyl (C=O) groups excluding carboxylic acids is 1. The Bertz CT molecular complexity index is 395. The maximum atomic E-state index is 11.2. The molecule has 1 atom stereocenters. The van der Waals surface area contributed by atoms with Crippen molar-refractivity contribution in [3.8, 4) is 0 Å². The number of carbonyl (C=O) groups is 1. The fraction of sp³-hybridized carbons (Fsp3) is 0.300. The summed E-state index contributed by atoms with van der Waals surface area (Å²) in [6.07, 6.45) is -0.667. The summed E-state index contributed by atoms with van der Waals surface area (Å²) in [6.45, 7) is 0.180. The molecule has 2 rings (SSSR count). The quantitative estimate of drug-likeness (QED) is 0.692. The molecule has 5 heteroatoms. The minimum absolute atomic E-state index is 0.00751. The van der Waals surface area contributed by atoms with Crippen molar-refractivity contribution < 1.29 is 9.90 Å². The largest absolute Gasteiger partial charge is 0.387 e. The molecule has 0 saturated carbocycles. The standard InChI is InChI=1S/C10H12N2O2S/c11-4-8(13)6-1-2-9-7(3-6)12-10(14)5-15-9/h1-3,8,13H,4-5,11H2,(H,12,14). The maximum Gasteiger partial charge on any atom is 0.234 e. The van der Waals surface area contributed by atoms with E-state index in [1.54, 1.807) is 6.07 Å². The second-order valence-electron chi connectivity index (χ2n) is 3.34. The number of aliphatic hydroxyl groups is 1. The van der Waals surface area contributed by atoms with Crippen LogP contribution >= 0.6 is 11.8 Å². The molecule has 1 aromatic rings. The molecule has 15 heavy (non-hydrogen) atoms. The normalized spacial score (nSPS) is 16.8. The number of nitrogens with two attached hydrogens (primary N) is 1. The summed E-state index contributed by atoms with van der Waals surface area (Å²) in [4.78, 5) is 12.2. The monoisotopic (exact) mass is 224 g/mol. The van der Waals surface area contributed by atoms with Crippen LogP contribution < -0.4 is 11.1 Å². The van der Waals surface area contributed by atoms with E-state index in [-0.39, 0.29) is 12.5 Å². The molecule has 0 bridgehead atoms. The molecule has 0 spiro atoms. The number of benzene rings is 1. The van der Waals surface area contributed by atoms with Gasteiger partial charge < -0.3 is 16.2 Å². The van der Waals surface area contributed by atoms with Crippen molar-refractivity contribution >= 4 is 23.4 Å². The van der Waals surface area contributed by atoms with E-state index in [9.17, 15) is 9.90 Å². The number of nitrogens with one attached hydrogen (secondary N) is 1. The molecule has 1 amide bonds. The molecule has 1 aliphatic rings. The number of amides is 1. The van der Waals surface area contributed by atoms with Crippen molar-refractivity contribution in [2.24, 2.45) is 5.73 Å². The Balaban J connectivity index is 2.32. The Morgan fingerprint density at radius 3 is 3.13 bits per heavy atom. The van der Waals surface area contributed by atoms with Crippen LogP contribution in [0.5, 0.6) is 0 Å². The molecule has 0 aliphatic carbocycles. The lowest BCUT2D eigenvalue weighted by molar-refractivity contribution is -0.113. The van der Waals surface area contributed by atoms with E-state index in [0.717, 1.165) is 16.1 Å². The number of fused-ring (bicyclic) bond motifs is 1. The molecule has 1 aromatic carbocycles. The van der Waals surface area contributed by atoms with E-state index in [2.05, 4.69) is 5.32 Å². The third kappa shape index (κ3) is 2.14. The van der Waals surface area contributed by atoms with Crippen LogP contribution in [0.3, 0.4) is 0 Å². The summed E-state index contributed by atoms with van der Waals surface area (Å²) in [6, 6.07) is 5.51. The van der Waals surface area contributed by atoms with Gasteiger partial charge in [0.25, 0.3) is 0 Å². The fourth-order valence-corrected chi connectivity index (χ4v) is 2.23. The van der Waals surface area contributed by atoms with Crippen molar-refractivity contribution in [1.82, 2.24) is 0 Å². The van der Waals surface area contributed by atoms with Crippen molar-refractivity contribution in [2.45, 2.75) is 11.0 Å². The highest BCUT2D eigenvalue weighted by Crippen LogP contribution is 2.33. The Labute approximate surface area is 91.9 Å². The second-order valence-corrected chi connectivity index (χ2v) is 4.36. The molecule has 4 N–H and O–H groups in total. The number of hydrogen-bond acceptors (Lipinski definition) is 4. The zero-order valence-electron chi connectivity index (χ0n) is 8.06. The first-order valence-corrected chi connectivity index (χ1v) is 5.64. The Morgan fingerprint density at radius 1 is 1.60 bits per heavy atom. The summed E-state index contributed by atoms with van der Waals surface area (Å²) in [5.74, 6) is 0.443. The molecular weight excluding hydrogens is 212 g/mol. The Hall–Kier alpha value is -1.04. The molecule has 0 fully saturated rings. The smallest absolute Gasteiger partial charge is 0.234 e. The topological polar surface area (TPSA) is 75.3 Å². The van der Waals surface area contributed by atoms with E-state index in [1.807, 2.05) is 12.1 Å². The fourth-order valence-electron chi connectivity index (χ4n) is 1.44. The van der Waals surface area contributed by atoms with Crippen LogP contribution in [0.15, 0.2) is 23.1 Å². The lowest BCUT2D eigenvalue weighted by atomic mass is 10.1. The van der Waals surface area contributed by atoms with E-state index in [1.165, 1.54) is 11.8 Å². The lowest BCUT2D eigenvalue weighted by Gasteiger charge is -2.18. The molecule has 1 aliphatic heterocycles. The van der Waals surface area contributed by atoms with E-state index in [4.69, 9.17) is 5.73 Å². The first kappa shape index (κ1) is 10.5. The van der Waals surface area contributed by atoms with Crippen LogP contribution in [0.4, 0.5) is 5.69 Å². The van der Waals surface area contributed by atoms with Gasteiger partial charge in [0, 0.05) is 11.4 Å². The Morgan fingerprint density at radius 2 is 2.40 bits per heavy atom. The molecule has 4 nitrogen and oxygen atoms in total. The van der Waals surface area contributed by atoms with Gasteiger partial charge in [-0.05, 0) is 17.7 Å². The second kappa shape index (κ2) is 4.22. The van der Waals surface area contributed by atoms with Crippen molar-refractivity contribution in [3.05, 3.63) is 23.8 Å². The van der Waals surface area contributed by atoms with Gasteiger partial charge in [-0.2, -0.15) is 0 Å². The van der Waals surface area contributed by atoms with Crippen LogP contribution in [0.1, 0.15) is 11.7 Å². The van der Waals surface area contributed by atoms with E-state index in [0.29, 0.717) is 5.75 Å². The predicted octanol–water partition coefficient (Wildman–Crippen LogP) is 0.723.